The molecular formula is C24H24FN7. The molecule has 3 heterocycles. The lowest BCUT2D eigenvalue weighted by molar-refractivity contribution is 0.628. The second-order valence-corrected chi connectivity index (χ2v) is 8.73. The van der Waals surface area contributed by atoms with Crippen LogP contribution in [0.25, 0.3) is 28.0 Å². The maximum atomic E-state index is 13.7. The standard InChI is InChI=1S/C24H24FN7/c25-16-7-5-15(6-8-16)21-20(19-11-12-27-24(30-19)29-17-9-10-17)22-18(14-3-1-2-4-14)13-28-23(26)32(22)31-21/h5-8,11-14,17H,1-4,9-10H2,(H2,26,28)(H,27,29,30). The predicted octanol–water partition coefficient (Wildman–Crippen LogP) is 4.81. The first-order valence-electron chi connectivity index (χ1n) is 11.2. The van der Waals surface area contributed by atoms with Crippen molar-refractivity contribution >= 4 is 17.4 Å². The van der Waals surface area contributed by atoms with Gasteiger partial charge in [-0.15, -0.1) is 0 Å². The molecule has 1 aromatic carbocycles. The van der Waals surface area contributed by atoms with Crippen molar-refractivity contribution in [2.45, 2.75) is 50.5 Å². The third kappa shape index (κ3) is 3.36. The number of aromatic nitrogens is 5. The molecule has 0 amide bonds. The fourth-order valence-electron chi connectivity index (χ4n) is 4.67. The van der Waals surface area contributed by atoms with Gasteiger partial charge in [0, 0.05) is 29.6 Å². The number of nitrogens with two attached hydrogens (primary N) is 1. The third-order valence-electron chi connectivity index (χ3n) is 6.45. The Balaban J connectivity index is 1.62. The number of rotatable bonds is 5. The summed E-state index contributed by atoms with van der Waals surface area (Å²) in [6.45, 7) is 0. The molecule has 3 N–H and O–H groups in total. The molecule has 2 saturated carbocycles. The Morgan fingerprint density at radius 2 is 1.78 bits per heavy atom. The minimum Gasteiger partial charge on any atom is -0.368 e. The Morgan fingerprint density at radius 3 is 2.53 bits per heavy atom. The fourth-order valence-corrected chi connectivity index (χ4v) is 4.67. The van der Waals surface area contributed by atoms with Gasteiger partial charge in [-0.1, -0.05) is 12.8 Å². The van der Waals surface area contributed by atoms with Crippen molar-refractivity contribution in [1.29, 1.82) is 0 Å². The number of nitrogens with zero attached hydrogens (tertiary/aromatic N) is 5. The molecule has 0 bridgehead atoms. The smallest absolute Gasteiger partial charge is 0.223 e. The van der Waals surface area contributed by atoms with E-state index in [1.165, 1.54) is 25.0 Å². The molecule has 7 nitrogen and oxygen atoms in total. The lowest BCUT2D eigenvalue weighted by Gasteiger charge is -2.13. The van der Waals surface area contributed by atoms with E-state index in [1.54, 1.807) is 22.8 Å². The SMILES string of the molecule is Nc1ncc(C2CCCC2)c2c(-c3ccnc(NC4CC4)n3)c(-c3ccc(F)cc3)nn12. The maximum absolute atomic E-state index is 13.7. The predicted molar refractivity (Wildman–Crippen MR) is 122 cm³/mol. The van der Waals surface area contributed by atoms with Gasteiger partial charge in [0.05, 0.1) is 16.8 Å². The van der Waals surface area contributed by atoms with Crippen LogP contribution in [0.3, 0.4) is 0 Å². The molecule has 162 valence electrons. The Bertz CT molecular complexity index is 1290. The van der Waals surface area contributed by atoms with E-state index in [2.05, 4.69) is 15.3 Å². The molecule has 2 aliphatic carbocycles. The number of hydrogen-bond donors (Lipinski definition) is 2. The Morgan fingerprint density at radius 1 is 1.00 bits per heavy atom. The first kappa shape index (κ1) is 19.2. The average Bonchev–Trinajstić information content (AvgIpc) is 3.29. The van der Waals surface area contributed by atoms with Crippen molar-refractivity contribution < 1.29 is 4.39 Å². The van der Waals surface area contributed by atoms with Gasteiger partial charge in [0.2, 0.25) is 11.9 Å². The largest absolute Gasteiger partial charge is 0.368 e. The number of nitrogens with one attached hydrogen (secondary N) is 1. The zero-order valence-corrected chi connectivity index (χ0v) is 17.6. The van der Waals surface area contributed by atoms with Gasteiger partial charge in [-0.05, 0) is 61.9 Å². The van der Waals surface area contributed by atoms with Crippen LogP contribution in [0.4, 0.5) is 16.3 Å². The fraction of sp³-hybridized carbons (Fsp3) is 0.333. The highest BCUT2D eigenvalue weighted by Gasteiger charge is 2.28. The first-order valence-corrected chi connectivity index (χ1v) is 11.2. The van der Waals surface area contributed by atoms with Crippen molar-refractivity contribution in [1.82, 2.24) is 24.6 Å². The van der Waals surface area contributed by atoms with Gasteiger partial charge < -0.3 is 11.1 Å². The normalized spacial score (nSPS) is 16.7. The van der Waals surface area contributed by atoms with E-state index in [-0.39, 0.29) is 5.82 Å². The van der Waals surface area contributed by atoms with E-state index >= 15 is 0 Å². The zero-order valence-electron chi connectivity index (χ0n) is 17.6. The van der Waals surface area contributed by atoms with E-state index in [0.717, 1.165) is 53.6 Å². The highest BCUT2D eigenvalue weighted by Crippen LogP contribution is 2.42. The van der Waals surface area contributed by atoms with Crippen LogP contribution in [0.15, 0.2) is 42.7 Å². The molecule has 32 heavy (non-hydrogen) atoms. The summed E-state index contributed by atoms with van der Waals surface area (Å²) >= 11 is 0. The Kier molecular flexibility index (Phi) is 4.52. The first-order chi connectivity index (χ1) is 15.7. The average molecular weight is 430 g/mol. The molecule has 2 fully saturated rings. The lowest BCUT2D eigenvalue weighted by atomic mass is 9.94. The monoisotopic (exact) mass is 429 g/mol. The van der Waals surface area contributed by atoms with Crippen LogP contribution in [0.5, 0.6) is 0 Å². The summed E-state index contributed by atoms with van der Waals surface area (Å²) in [7, 11) is 0. The lowest BCUT2D eigenvalue weighted by Crippen LogP contribution is -2.07. The summed E-state index contributed by atoms with van der Waals surface area (Å²) in [6.07, 6.45) is 10.6. The molecule has 4 aromatic rings. The van der Waals surface area contributed by atoms with Crippen molar-refractivity contribution in [2.75, 3.05) is 11.1 Å². The van der Waals surface area contributed by atoms with Gasteiger partial charge in [0.1, 0.15) is 11.5 Å². The van der Waals surface area contributed by atoms with E-state index < -0.39 is 0 Å². The molecule has 2 aliphatic rings. The molecule has 8 heteroatoms. The number of fused-ring (bicyclic) bond motifs is 1. The topological polar surface area (TPSA) is 94.0 Å². The van der Waals surface area contributed by atoms with Crippen LogP contribution in [-0.2, 0) is 0 Å². The Hall–Kier alpha value is -3.55. The van der Waals surface area contributed by atoms with Crippen molar-refractivity contribution in [3.05, 3.63) is 54.1 Å². The summed E-state index contributed by atoms with van der Waals surface area (Å²) < 4.78 is 15.4. The second kappa shape index (κ2) is 7.55. The van der Waals surface area contributed by atoms with Crippen LogP contribution >= 0.6 is 0 Å². The van der Waals surface area contributed by atoms with Crippen LogP contribution in [0.1, 0.15) is 50.0 Å². The van der Waals surface area contributed by atoms with Gasteiger partial charge in [0.25, 0.3) is 0 Å². The molecule has 0 saturated heterocycles. The number of nitrogen functional groups attached to an aromatic ring is 1. The van der Waals surface area contributed by atoms with Crippen molar-refractivity contribution in [3.63, 3.8) is 0 Å². The van der Waals surface area contributed by atoms with Crippen molar-refractivity contribution in [3.8, 4) is 22.5 Å². The van der Waals surface area contributed by atoms with Gasteiger partial charge in [-0.25, -0.2) is 19.3 Å². The van der Waals surface area contributed by atoms with E-state index in [9.17, 15) is 4.39 Å². The molecule has 6 rings (SSSR count). The molecule has 0 unspecified atom stereocenters. The Labute approximate surface area is 184 Å². The molecular weight excluding hydrogens is 405 g/mol. The third-order valence-corrected chi connectivity index (χ3v) is 6.45. The van der Waals surface area contributed by atoms with Crippen LogP contribution in [-0.4, -0.2) is 30.6 Å². The van der Waals surface area contributed by atoms with E-state index in [0.29, 0.717) is 29.6 Å². The van der Waals surface area contributed by atoms with Crippen LogP contribution in [0.2, 0.25) is 0 Å². The zero-order chi connectivity index (χ0) is 21.7. The minimum atomic E-state index is -0.287. The molecule has 0 atom stereocenters. The summed E-state index contributed by atoms with van der Waals surface area (Å²) in [5.41, 5.74) is 11.5. The van der Waals surface area contributed by atoms with Crippen LogP contribution in [0, 0.1) is 5.82 Å². The summed E-state index contributed by atoms with van der Waals surface area (Å²) in [5.74, 6) is 1.05. The van der Waals surface area contributed by atoms with E-state index in [1.807, 2.05) is 12.3 Å². The van der Waals surface area contributed by atoms with Gasteiger partial charge in [-0.2, -0.15) is 9.61 Å². The number of halogens is 1. The van der Waals surface area contributed by atoms with Gasteiger partial charge in [0.15, 0.2) is 0 Å². The van der Waals surface area contributed by atoms with Gasteiger partial charge >= 0.3 is 0 Å². The number of anilines is 2. The molecule has 0 aliphatic heterocycles. The summed E-state index contributed by atoms with van der Waals surface area (Å²) in [4.78, 5) is 13.7. The highest BCUT2D eigenvalue weighted by molar-refractivity contribution is 5.93. The second-order valence-electron chi connectivity index (χ2n) is 8.73. The highest BCUT2D eigenvalue weighted by atomic mass is 19.1. The van der Waals surface area contributed by atoms with Crippen LogP contribution < -0.4 is 11.1 Å². The molecule has 0 spiro atoms. The molecule has 3 aromatic heterocycles. The molecule has 0 radical (unpaired) electrons. The number of benzene rings is 1. The summed E-state index contributed by atoms with van der Waals surface area (Å²) in [5, 5.41) is 8.23. The van der Waals surface area contributed by atoms with Gasteiger partial charge in [-0.3, -0.25) is 0 Å². The quantitative estimate of drug-likeness (QED) is 0.473. The number of hydrogen-bond acceptors (Lipinski definition) is 6. The van der Waals surface area contributed by atoms with Crippen molar-refractivity contribution in [2.24, 2.45) is 0 Å². The summed E-state index contributed by atoms with van der Waals surface area (Å²) in [6, 6.07) is 8.72. The van der Waals surface area contributed by atoms with E-state index in [4.69, 9.17) is 15.8 Å². The maximum Gasteiger partial charge on any atom is 0.223 e. The minimum absolute atomic E-state index is 0.287.